The molecule has 1 N–H and O–H groups in total. The zero-order chi connectivity index (χ0) is 16.7. The lowest BCUT2D eigenvalue weighted by molar-refractivity contribution is 0.0676. The van der Waals surface area contributed by atoms with Gasteiger partial charge in [0.2, 0.25) is 0 Å². The largest absolute Gasteiger partial charge is 0.497 e. The van der Waals surface area contributed by atoms with Gasteiger partial charge in [-0.2, -0.15) is 0 Å². The van der Waals surface area contributed by atoms with E-state index in [2.05, 4.69) is 10.3 Å². The molecule has 0 saturated carbocycles. The third-order valence-electron chi connectivity index (χ3n) is 5.43. The van der Waals surface area contributed by atoms with Crippen molar-refractivity contribution in [3.8, 4) is 5.75 Å². The molecule has 2 saturated heterocycles. The molecule has 3 heterocycles. The SMILES string of the molecule is COc1ccc2nc(C(=O)N(C)C3CC4CCC(C3)N4)ccc2c1.Cl.Cl. The molecule has 2 fully saturated rings. The average Bonchev–Trinajstić information content (AvgIpc) is 2.97. The first-order valence-corrected chi connectivity index (χ1v) is 8.62. The molecule has 2 unspecified atom stereocenters. The number of methoxy groups -OCH3 is 1. The van der Waals surface area contributed by atoms with Gasteiger partial charge in [0.25, 0.3) is 5.91 Å². The number of rotatable bonds is 3. The van der Waals surface area contributed by atoms with E-state index in [1.165, 1.54) is 12.8 Å². The minimum absolute atomic E-state index is 0. The Kier molecular flexibility index (Phi) is 6.72. The summed E-state index contributed by atoms with van der Waals surface area (Å²) in [5, 5.41) is 4.60. The second-order valence-corrected chi connectivity index (χ2v) is 6.93. The fourth-order valence-corrected chi connectivity index (χ4v) is 4.04. The zero-order valence-corrected chi connectivity index (χ0v) is 16.6. The van der Waals surface area contributed by atoms with E-state index in [1.807, 2.05) is 42.3 Å². The van der Waals surface area contributed by atoms with Crippen LogP contribution in [-0.4, -0.2) is 48.1 Å². The molecule has 0 aliphatic carbocycles. The van der Waals surface area contributed by atoms with Crippen molar-refractivity contribution in [2.75, 3.05) is 14.2 Å². The van der Waals surface area contributed by atoms with Crippen molar-refractivity contribution >= 4 is 41.6 Å². The Labute approximate surface area is 166 Å². The van der Waals surface area contributed by atoms with Crippen molar-refractivity contribution in [2.24, 2.45) is 0 Å². The van der Waals surface area contributed by atoms with Gasteiger partial charge in [-0.3, -0.25) is 4.79 Å². The zero-order valence-electron chi connectivity index (χ0n) is 15.0. The van der Waals surface area contributed by atoms with Crippen molar-refractivity contribution in [1.82, 2.24) is 15.2 Å². The second kappa shape index (κ2) is 8.42. The topological polar surface area (TPSA) is 54.5 Å². The smallest absolute Gasteiger partial charge is 0.272 e. The molecule has 2 aromatic rings. The van der Waals surface area contributed by atoms with Crippen molar-refractivity contribution in [3.63, 3.8) is 0 Å². The molecule has 1 amide bonds. The minimum Gasteiger partial charge on any atom is -0.497 e. The maximum absolute atomic E-state index is 12.9. The summed E-state index contributed by atoms with van der Waals surface area (Å²) < 4.78 is 5.23. The summed E-state index contributed by atoms with van der Waals surface area (Å²) in [5.41, 5.74) is 1.33. The fourth-order valence-electron chi connectivity index (χ4n) is 4.04. The number of nitrogens with one attached hydrogen (secondary N) is 1. The van der Waals surface area contributed by atoms with Crippen molar-refractivity contribution < 1.29 is 9.53 Å². The molecule has 2 atom stereocenters. The monoisotopic (exact) mass is 397 g/mol. The minimum atomic E-state index is 0. The third kappa shape index (κ3) is 3.90. The van der Waals surface area contributed by atoms with E-state index in [-0.39, 0.29) is 30.7 Å². The summed E-state index contributed by atoms with van der Waals surface area (Å²) in [6.45, 7) is 0. The molecule has 0 radical (unpaired) electrons. The molecule has 0 spiro atoms. The number of fused-ring (bicyclic) bond motifs is 3. The quantitative estimate of drug-likeness (QED) is 0.861. The van der Waals surface area contributed by atoms with Crippen LogP contribution in [0.4, 0.5) is 0 Å². The summed E-state index contributed by atoms with van der Waals surface area (Å²) in [6.07, 6.45) is 4.56. The maximum atomic E-state index is 12.9. The first kappa shape index (κ1) is 20.7. The molecular weight excluding hydrogens is 373 g/mol. The van der Waals surface area contributed by atoms with E-state index in [9.17, 15) is 4.79 Å². The Balaban J connectivity index is 0.00000121. The number of carbonyl (C=O) groups excluding carboxylic acids is 1. The van der Waals surface area contributed by atoms with E-state index in [1.54, 1.807) is 7.11 Å². The highest BCUT2D eigenvalue weighted by Crippen LogP contribution is 2.30. The van der Waals surface area contributed by atoms with Gasteiger partial charge >= 0.3 is 0 Å². The molecule has 26 heavy (non-hydrogen) atoms. The van der Waals surface area contributed by atoms with Crippen LogP contribution in [-0.2, 0) is 0 Å². The number of ether oxygens (including phenoxy) is 1. The van der Waals surface area contributed by atoms with E-state index < -0.39 is 0 Å². The Morgan fingerprint density at radius 2 is 1.85 bits per heavy atom. The normalized spacial score (nSPS) is 23.7. The fraction of sp³-hybridized carbons (Fsp3) is 0.474. The van der Waals surface area contributed by atoms with Crippen LogP contribution in [0.1, 0.15) is 36.2 Å². The van der Waals surface area contributed by atoms with Gasteiger partial charge < -0.3 is 15.0 Å². The molecular formula is C19H25Cl2N3O2. The van der Waals surface area contributed by atoms with Gasteiger partial charge in [-0.25, -0.2) is 4.98 Å². The van der Waals surface area contributed by atoms with E-state index in [0.717, 1.165) is 29.5 Å². The van der Waals surface area contributed by atoms with Gasteiger partial charge in [-0.15, -0.1) is 24.8 Å². The first-order valence-electron chi connectivity index (χ1n) is 8.62. The summed E-state index contributed by atoms with van der Waals surface area (Å²) in [7, 11) is 3.56. The van der Waals surface area contributed by atoms with Gasteiger partial charge in [0, 0.05) is 30.6 Å². The maximum Gasteiger partial charge on any atom is 0.272 e. The molecule has 142 valence electrons. The molecule has 1 aromatic heterocycles. The number of aromatic nitrogens is 1. The number of amides is 1. The Morgan fingerprint density at radius 3 is 2.50 bits per heavy atom. The number of piperidine rings is 1. The van der Waals surface area contributed by atoms with Gasteiger partial charge in [0.05, 0.1) is 12.6 Å². The lowest BCUT2D eigenvalue weighted by Gasteiger charge is -2.35. The molecule has 2 aliphatic rings. The average molecular weight is 398 g/mol. The number of hydrogen-bond acceptors (Lipinski definition) is 4. The van der Waals surface area contributed by atoms with Crippen LogP contribution in [0.5, 0.6) is 5.75 Å². The van der Waals surface area contributed by atoms with Crippen molar-refractivity contribution in [3.05, 3.63) is 36.0 Å². The van der Waals surface area contributed by atoms with Crippen LogP contribution in [0.3, 0.4) is 0 Å². The molecule has 2 aliphatic heterocycles. The molecule has 1 aromatic carbocycles. The van der Waals surface area contributed by atoms with E-state index >= 15 is 0 Å². The molecule has 7 heteroatoms. The predicted octanol–water partition coefficient (Wildman–Crippen LogP) is 3.44. The molecule has 5 nitrogen and oxygen atoms in total. The highest BCUT2D eigenvalue weighted by molar-refractivity contribution is 5.95. The Morgan fingerprint density at radius 1 is 1.15 bits per heavy atom. The number of nitrogens with zero attached hydrogens (tertiary/aromatic N) is 2. The summed E-state index contributed by atoms with van der Waals surface area (Å²) >= 11 is 0. The van der Waals surface area contributed by atoms with Gasteiger partial charge in [0.1, 0.15) is 11.4 Å². The van der Waals surface area contributed by atoms with Crippen LogP contribution in [0.15, 0.2) is 30.3 Å². The summed E-state index contributed by atoms with van der Waals surface area (Å²) in [4.78, 5) is 19.3. The highest BCUT2D eigenvalue weighted by atomic mass is 35.5. The molecule has 4 rings (SSSR count). The van der Waals surface area contributed by atoms with Gasteiger partial charge in [-0.1, -0.05) is 6.07 Å². The Hall–Kier alpha value is -1.56. The number of carbonyl (C=O) groups is 1. The summed E-state index contributed by atoms with van der Waals surface area (Å²) in [5.74, 6) is 0.810. The highest BCUT2D eigenvalue weighted by Gasteiger charge is 2.36. The Bertz CT molecular complexity index is 774. The lowest BCUT2D eigenvalue weighted by Crippen LogP contribution is -2.48. The number of hydrogen-bond donors (Lipinski definition) is 1. The van der Waals surface area contributed by atoms with Crippen LogP contribution in [0.25, 0.3) is 10.9 Å². The standard InChI is InChI=1S/C19H23N3O2.2ClH/c1-22(15-10-13-4-5-14(11-15)20-13)19(23)18-7-3-12-9-16(24-2)6-8-17(12)21-18;;/h3,6-9,13-15,20H,4-5,10-11H2,1-2H3;2*1H. The lowest BCUT2D eigenvalue weighted by atomic mass is 9.98. The van der Waals surface area contributed by atoms with Crippen LogP contribution >= 0.6 is 24.8 Å². The van der Waals surface area contributed by atoms with Gasteiger partial charge in [-0.05, 0) is 49.9 Å². The summed E-state index contributed by atoms with van der Waals surface area (Å²) in [6, 6.07) is 10.9. The number of benzene rings is 1. The number of pyridine rings is 1. The van der Waals surface area contributed by atoms with Gasteiger partial charge in [0.15, 0.2) is 0 Å². The number of halogens is 2. The molecule has 2 bridgehead atoms. The first-order chi connectivity index (χ1) is 11.6. The van der Waals surface area contributed by atoms with Crippen LogP contribution in [0.2, 0.25) is 0 Å². The second-order valence-electron chi connectivity index (χ2n) is 6.93. The third-order valence-corrected chi connectivity index (χ3v) is 5.43. The van der Waals surface area contributed by atoms with E-state index in [0.29, 0.717) is 23.8 Å². The van der Waals surface area contributed by atoms with Crippen LogP contribution < -0.4 is 10.1 Å². The predicted molar refractivity (Wildman–Crippen MR) is 108 cm³/mol. The van der Waals surface area contributed by atoms with Crippen molar-refractivity contribution in [2.45, 2.75) is 43.8 Å². The van der Waals surface area contributed by atoms with Crippen LogP contribution in [0, 0.1) is 0 Å². The van der Waals surface area contributed by atoms with Crippen molar-refractivity contribution in [1.29, 1.82) is 0 Å². The van der Waals surface area contributed by atoms with E-state index in [4.69, 9.17) is 4.74 Å².